The van der Waals surface area contributed by atoms with Crippen LogP contribution in [0.5, 0.6) is 5.75 Å². The van der Waals surface area contributed by atoms with E-state index >= 15 is 0 Å². The average Bonchev–Trinajstić information content (AvgIpc) is 2.98. The molecule has 2 aromatic rings. The fourth-order valence-electron chi connectivity index (χ4n) is 4.62. The van der Waals surface area contributed by atoms with Crippen LogP contribution in [0.4, 0.5) is 0 Å². The third-order valence-corrected chi connectivity index (χ3v) is 8.11. The molecule has 0 spiro atoms. The van der Waals surface area contributed by atoms with Crippen molar-refractivity contribution in [3.05, 3.63) is 65.7 Å². The van der Waals surface area contributed by atoms with Crippen LogP contribution in [0.15, 0.2) is 54.6 Å². The molecule has 0 fully saturated rings. The summed E-state index contributed by atoms with van der Waals surface area (Å²) in [7, 11) is 4.29. The Balaban J connectivity index is 1.66. The maximum atomic E-state index is 10.2. The second-order valence-corrected chi connectivity index (χ2v) is 13.4. The fourth-order valence-corrected chi connectivity index (χ4v) is 5.23. The molecule has 0 saturated heterocycles. The lowest BCUT2D eigenvalue weighted by Gasteiger charge is -2.24. The fraction of sp³-hybridized carbons (Fsp3) is 0.657. The van der Waals surface area contributed by atoms with Gasteiger partial charge in [-0.25, -0.2) is 0 Å². The van der Waals surface area contributed by atoms with E-state index in [1.165, 1.54) is 82.6 Å². The summed E-state index contributed by atoms with van der Waals surface area (Å²) in [6, 6.07) is 18.4. The van der Waals surface area contributed by atoms with Gasteiger partial charge in [-0.1, -0.05) is 120 Å². The Labute approximate surface area is 258 Å². The van der Waals surface area contributed by atoms with Crippen molar-refractivity contribution < 1.29 is 27.9 Å². The normalized spacial score (nSPS) is 13.3. The standard InChI is InChI=1S/C35H59NO5P/c1-5-6-7-8-9-10-11-12-13-14-15-17-20-32-23-25-34(26-24-32)39-30-35(38-29-33-21-18-16-19-22-33)31-41-42(37)40-28-27-36(2,3)4/h16,18-19,21-26,35,37H,5-15,17,20,27-31H2,1-4H3/q+1. The van der Waals surface area contributed by atoms with Crippen molar-refractivity contribution in [2.24, 2.45) is 0 Å². The molecule has 7 heteroatoms. The SMILES string of the molecule is CCCCCCCCCCCCCCc1ccc(OCC(COP(O)OCC[N+](C)(C)C)OCc2ccccc2)cc1. The summed E-state index contributed by atoms with van der Waals surface area (Å²) in [5, 5.41) is 0. The van der Waals surface area contributed by atoms with Crippen LogP contribution in [0, 0.1) is 0 Å². The van der Waals surface area contributed by atoms with Crippen LogP contribution in [0.25, 0.3) is 0 Å². The molecule has 0 radical (unpaired) electrons. The number of quaternary nitrogens is 1. The molecule has 0 aliphatic carbocycles. The first-order valence-electron chi connectivity index (χ1n) is 16.3. The van der Waals surface area contributed by atoms with Crippen molar-refractivity contribution in [2.75, 3.05) is 47.5 Å². The minimum absolute atomic E-state index is 0.191. The first-order valence-corrected chi connectivity index (χ1v) is 17.4. The third kappa shape index (κ3) is 19.6. The molecule has 6 nitrogen and oxygen atoms in total. The van der Waals surface area contributed by atoms with Gasteiger partial charge in [0.05, 0.1) is 34.4 Å². The van der Waals surface area contributed by atoms with Gasteiger partial charge in [-0.3, -0.25) is 0 Å². The molecule has 2 unspecified atom stereocenters. The second-order valence-electron chi connectivity index (χ2n) is 12.4. The molecule has 238 valence electrons. The Morgan fingerprint density at radius 3 is 1.88 bits per heavy atom. The average molecular weight is 605 g/mol. The molecule has 2 atom stereocenters. The Bertz CT molecular complexity index is 891. The number of rotatable bonds is 26. The zero-order valence-electron chi connectivity index (χ0n) is 27.0. The van der Waals surface area contributed by atoms with Gasteiger partial charge >= 0.3 is 8.60 Å². The van der Waals surface area contributed by atoms with Gasteiger partial charge in [0.1, 0.15) is 31.6 Å². The van der Waals surface area contributed by atoms with E-state index in [2.05, 4.69) is 40.2 Å². The van der Waals surface area contributed by atoms with Crippen LogP contribution in [-0.4, -0.2) is 63.0 Å². The highest BCUT2D eigenvalue weighted by atomic mass is 31.2. The van der Waals surface area contributed by atoms with Crippen molar-refractivity contribution in [1.29, 1.82) is 0 Å². The van der Waals surface area contributed by atoms with Crippen LogP contribution >= 0.6 is 8.60 Å². The predicted molar refractivity (Wildman–Crippen MR) is 176 cm³/mol. The number of ether oxygens (including phenoxy) is 2. The van der Waals surface area contributed by atoms with Crippen LogP contribution in [0.1, 0.15) is 95.1 Å². The molecule has 0 heterocycles. The monoisotopic (exact) mass is 604 g/mol. The lowest BCUT2D eigenvalue weighted by atomic mass is 10.0. The molecule has 0 bridgehead atoms. The molecule has 0 aliphatic heterocycles. The van der Waals surface area contributed by atoms with E-state index in [1.54, 1.807) is 0 Å². The first kappa shape index (κ1) is 36.7. The Morgan fingerprint density at radius 1 is 0.690 bits per heavy atom. The summed E-state index contributed by atoms with van der Waals surface area (Å²) < 4.78 is 24.0. The summed E-state index contributed by atoms with van der Waals surface area (Å²) >= 11 is 0. The van der Waals surface area contributed by atoms with E-state index in [4.69, 9.17) is 18.5 Å². The predicted octanol–water partition coefficient (Wildman–Crippen LogP) is 8.85. The van der Waals surface area contributed by atoms with Gasteiger partial charge in [0.2, 0.25) is 0 Å². The molecule has 42 heavy (non-hydrogen) atoms. The zero-order chi connectivity index (χ0) is 30.3. The quantitative estimate of drug-likeness (QED) is 0.0660. The van der Waals surface area contributed by atoms with E-state index in [0.717, 1.165) is 28.8 Å². The molecule has 0 aromatic heterocycles. The summed E-state index contributed by atoms with van der Waals surface area (Å²) in [4.78, 5) is 10.2. The Hall–Kier alpha value is -1.53. The first-order chi connectivity index (χ1) is 20.4. The topological polar surface area (TPSA) is 57.2 Å². The highest BCUT2D eigenvalue weighted by Gasteiger charge is 2.17. The van der Waals surface area contributed by atoms with Gasteiger partial charge in [0.25, 0.3) is 0 Å². The summed E-state index contributed by atoms with van der Waals surface area (Å²) in [5.74, 6) is 0.812. The van der Waals surface area contributed by atoms with E-state index in [0.29, 0.717) is 19.8 Å². The number of aryl methyl sites for hydroxylation is 1. The molecular weight excluding hydrogens is 545 g/mol. The number of nitrogens with zero attached hydrogens (tertiary/aromatic N) is 1. The summed E-state index contributed by atoms with van der Waals surface area (Å²) in [6.07, 6.45) is 17.3. The molecule has 2 rings (SSSR count). The number of benzene rings is 2. The summed E-state index contributed by atoms with van der Waals surface area (Å²) in [6.45, 7) is 4.46. The van der Waals surface area contributed by atoms with Crippen molar-refractivity contribution in [2.45, 2.75) is 103 Å². The minimum Gasteiger partial charge on any atom is -0.491 e. The number of unbranched alkanes of at least 4 members (excludes halogenated alkanes) is 11. The lowest BCUT2D eigenvalue weighted by molar-refractivity contribution is -0.870. The molecular formula is C35H59NO5P+. The number of hydrogen-bond donors (Lipinski definition) is 1. The van der Waals surface area contributed by atoms with Crippen LogP contribution in [0.3, 0.4) is 0 Å². The lowest BCUT2D eigenvalue weighted by Crippen LogP contribution is -2.37. The van der Waals surface area contributed by atoms with Crippen molar-refractivity contribution in [3.8, 4) is 5.75 Å². The second kappa shape index (κ2) is 22.9. The largest absolute Gasteiger partial charge is 0.491 e. The van der Waals surface area contributed by atoms with Gasteiger partial charge in [-0.05, 0) is 36.1 Å². The smallest absolute Gasteiger partial charge is 0.330 e. The molecule has 1 N–H and O–H groups in total. The zero-order valence-corrected chi connectivity index (χ0v) is 27.9. The Morgan fingerprint density at radius 2 is 1.29 bits per heavy atom. The van der Waals surface area contributed by atoms with E-state index in [9.17, 15) is 4.89 Å². The molecule has 2 aromatic carbocycles. The van der Waals surface area contributed by atoms with Gasteiger partial charge in [0, 0.05) is 0 Å². The van der Waals surface area contributed by atoms with Gasteiger partial charge in [-0.2, -0.15) is 0 Å². The minimum atomic E-state index is -1.96. The van der Waals surface area contributed by atoms with E-state index < -0.39 is 8.60 Å². The maximum absolute atomic E-state index is 10.2. The van der Waals surface area contributed by atoms with E-state index in [1.807, 2.05) is 42.5 Å². The van der Waals surface area contributed by atoms with Crippen molar-refractivity contribution in [3.63, 3.8) is 0 Å². The molecule has 0 aliphatic rings. The van der Waals surface area contributed by atoms with Gasteiger partial charge in [-0.15, -0.1) is 0 Å². The van der Waals surface area contributed by atoms with Crippen molar-refractivity contribution >= 4 is 8.60 Å². The summed E-state index contributed by atoms with van der Waals surface area (Å²) in [5.41, 5.74) is 2.43. The van der Waals surface area contributed by atoms with Crippen LogP contribution < -0.4 is 4.74 Å². The molecule has 0 saturated carbocycles. The molecule has 0 amide bonds. The van der Waals surface area contributed by atoms with E-state index in [-0.39, 0.29) is 12.7 Å². The number of hydrogen-bond acceptors (Lipinski definition) is 5. The van der Waals surface area contributed by atoms with Gasteiger partial charge in [0.15, 0.2) is 0 Å². The third-order valence-electron chi connectivity index (χ3n) is 7.34. The highest BCUT2D eigenvalue weighted by Crippen LogP contribution is 2.33. The van der Waals surface area contributed by atoms with Crippen LogP contribution in [0.2, 0.25) is 0 Å². The Kier molecular flexibility index (Phi) is 20.0. The van der Waals surface area contributed by atoms with Crippen LogP contribution in [-0.2, 0) is 26.8 Å². The van der Waals surface area contributed by atoms with Crippen molar-refractivity contribution in [1.82, 2.24) is 0 Å². The van der Waals surface area contributed by atoms with Gasteiger partial charge < -0.3 is 27.9 Å². The maximum Gasteiger partial charge on any atom is 0.330 e. The number of likely N-dealkylation sites (N-methyl/N-ethyl adjacent to an activating group) is 1. The highest BCUT2D eigenvalue weighted by molar-refractivity contribution is 7.40.